The Balaban J connectivity index is 0. The van der Waals surface area contributed by atoms with Crippen LogP contribution in [0.4, 0.5) is 0 Å². The van der Waals surface area contributed by atoms with Crippen molar-refractivity contribution >= 4 is 583 Å². The summed E-state index contributed by atoms with van der Waals surface area (Å²) >= 11 is 0. The van der Waals surface area contributed by atoms with Crippen molar-refractivity contribution < 1.29 is 42.0 Å². The molecule has 0 aromatic heterocycles. The van der Waals surface area contributed by atoms with Crippen LogP contribution < -0.4 is 42.0 Å². The maximum absolute atomic E-state index is 0. The molecule has 0 saturated carbocycles. The molecule has 0 spiro atoms. The average molecular weight is 1770 g/mol. The molecule has 0 aliphatic carbocycles. The molecule has 0 radical (unpaired) electrons. The van der Waals surface area contributed by atoms with Gasteiger partial charge in [0.15, 0.2) is 0 Å². The number of hydrogen-bond acceptors (Lipinski definition) is 0. The first-order valence-corrected chi connectivity index (χ1v) is 0. The molecule has 0 nitrogen and oxygen atoms in total. The van der Waals surface area contributed by atoms with E-state index in [0.717, 1.165) is 0 Å². The van der Waals surface area contributed by atoms with E-state index in [-0.39, 0.29) is 625 Å². The Morgan fingerprint density at radius 3 is 0.0612 bits per heavy atom. The summed E-state index contributed by atoms with van der Waals surface area (Å²) in [6.07, 6.45) is 0. The molecule has 0 rings (SSSR count). The van der Waals surface area contributed by atoms with Crippen LogP contribution in [0.1, 0.15) is 0 Å². The van der Waals surface area contributed by atoms with Gasteiger partial charge < -0.3 is 12.4 Å². The molecule has 0 unspecified atom stereocenters. The largest absolute Gasteiger partial charge is 1.00 e. The molecule has 0 aliphatic rings. The van der Waals surface area contributed by atoms with Gasteiger partial charge >= 0.3 is 29.6 Å². The van der Waals surface area contributed by atoms with E-state index in [4.69, 9.17) is 0 Å². The van der Waals surface area contributed by atoms with Crippen molar-refractivity contribution in [2.75, 3.05) is 0 Å². The zero-order valence-corrected chi connectivity index (χ0v) is 61.7. The fraction of sp³-hybridized carbons (Fsp3) is 0. The predicted molar refractivity (Wildman–Crippen MR) is 341 cm³/mol. The summed E-state index contributed by atoms with van der Waals surface area (Å²) in [7, 11) is 0. The summed E-state index contributed by atoms with van der Waals surface area (Å²) in [6, 6.07) is 0. The Hall–Kier alpha value is 14.9. The minimum atomic E-state index is 0. The normalized spacial score (nSPS) is 0. The van der Waals surface area contributed by atoms with Gasteiger partial charge in [-0.25, -0.2) is 0 Å². The maximum atomic E-state index is 0. The van der Waals surface area contributed by atoms with Crippen LogP contribution in [0.25, 0.3) is 0 Å². The molecule has 384 valence electrons. The SMILES string of the molecule is Cl.Cl.Cl.Cl.Cl.Cl.Cl.Cl.Cl.Cl.Cl.Cl.Cl.Cl.Cl.Cl.Cl.Cl.Cl.Cl.Cl.Cl.Cl.Cl.Cl.Cl.Cl.Cl.Cl.Cl.Cl.Cl.Cl.Cl.Cl.Cl.Cl.Cl.Cl.Cl.Cl.Cl.Cl.Cl.Cl.Cl.Cl.[Cl-].[Na+]. The van der Waals surface area contributed by atoms with Crippen LogP contribution in [0, 0.1) is 0 Å². The van der Waals surface area contributed by atoms with Crippen LogP contribution in [-0.2, 0) is 0 Å². The van der Waals surface area contributed by atoms with Gasteiger partial charge in [0.1, 0.15) is 0 Å². The van der Waals surface area contributed by atoms with Gasteiger partial charge in [-0.05, 0) is 0 Å². The maximum Gasteiger partial charge on any atom is 1.00 e. The predicted octanol–water partition coefficient (Wildman–Crippen LogP) is 13.8. The van der Waals surface area contributed by atoms with Crippen LogP contribution in [0.2, 0.25) is 0 Å². The smallest absolute Gasteiger partial charge is 1.00 e. The Labute approximate surface area is 613 Å². The fourth-order valence-electron chi connectivity index (χ4n) is 0. The van der Waals surface area contributed by atoms with E-state index < -0.39 is 0 Å². The number of hydrogen-bond donors (Lipinski definition) is 0. The Morgan fingerprint density at radius 2 is 0.0612 bits per heavy atom. The van der Waals surface area contributed by atoms with E-state index in [1.165, 1.54) is 0 Å². The van der Waals surface area contributed by atoms with E-state index >= 15 is 0 Å². The van der Waals surface area contributed by atoms with Crippen molar-refractivity contribution in [3.8, 4) is 0 Å². The monoisotopic (exact) mass is 1750 g/mol. The molecule has 0 aromatic rings. The molecular formula is H47Cl48Na. The third kappa shape index (κ3) is 1050. The van der Waals surface area contributed by atoms with Crippen LogP contribution in [0.3, 0.4) is 0 Å². The van der Waals surface area contributed by atoms with E-state index in [9.17, 15) is 0 Å². The number of halogens is 48. The molecule has 49 heavy (non-hydrogen) atoms. The molecule has 49 heteroatoms. The van der Waals surface area contributed by atoms with Gasteiger partial charge in [-0.3, -0.25) is 0 Å². The van der Waals surface area contributed by atoms with Gasteiger partial charge in [0.05, 0.1) is 0 Å². The van der Waals surface area contributed by atoms with Crippen LogP contribution in [0.15, 0.2) is 0 Å². The van der Waals surface area contributed by atoms with E-state index in [0.29, 0.717) is 0 Å². The summed E-state index contributed by atoms with van der Waals surface area (Å²) < 4.78 is 0. The van der Waals surface area contributed by atoms with Crippen molar-refractivity contribution in [1.82, 2.24) is 0 Å². The van der Waals surface area contributed by atoms with Gasteiger partial charge in [-0.2, -0.15) is 0 Å². The second-order valence-corrected chi connectivity index (χ2v) is 0. The van der Waals surface area contributed by atoms with Gasteiger partial charge in [0, 0.05) is 0 Å². The van der Waals surface area contributed by atoms with E-state index in [1.807, 2.05) is 0 Å². The van der Waals surface area contributed by atoms with Crippen molar-refractivity contribution in [2.45, 2.75) is 0 Å². The molecule has 0 aromatic carbocycles. The first kappa shape index (κ1) is 1140. The second-order valence-electron chi connectivity index (χ2n) is 0. The average Bonchev–Trinajstić information content (AvgIpc) is 0. The van der Waals surface area contributed by atoms with E-state index in [1.54, 1.807) is 0 Å². The van der Waals surface area contributed by atoms with Crippen LogP contribution in [-0.4, -0.2) is 0 Å². The quantitative estimate of drug-likeness (QED) is 0.212. The Morgan fingerprint density at radius 1 is 0.0612 bits per heavy atom. The molecular weight excluding hydrogens is 1720 g/mol. The minimum Gasteiger partial charge on any atom is -1.00 e. The molecule has 0 saturated heterocycles. The van der Waals surface area contributed by atoms with Gasteiger partial charge in [-0.1, -0.05) is 0 Å². The standard InChI is InChI=1S/48ClH.Na/h48*1H;/q;;;;;;;;;;;;;;;;;;;;;;;;;;;;;;;;;;;;;;;;;;;;;;;;+1/p-1. The molecule has 0 N–H and O–H groups in total. The Bertz CT molecular complexity index is 7.04. The fourth-order valence-corrected chi connectivity index (χ4v) is 0. The minimum absolute atomic E-state index is 0. The zero-order valence-electron chi connectivity index (χ0n) is 20.6. The third-order valence-electron chi connectivity index (χ3n) is 0. The summed E-state index contributed by atoms with van der Waals surface area (Å²) in [5.74, 6) is 0. The summed E-state index contributed by atoms with van der Waals surface area (Å²) in [5.41, 5.74) is 0. The summed E-state index contributed by atoms with van der Waals surface area (Å²) in [5, 5.41) is 0. The van der Waals surface area contributed by atoms with Crippen LogP contribution in [0.5, 0.6) is 0 Å². The Kier molecular flexibility index (Phi) is 25100. The summed E-state index contributed by atoms with van der Waals surface area (Å²) in [4.78, 5) is 0. The third-order valence-corrected chi connectivity index (χ3v) is 0. The number of rotatable bonds is 0. The first-order chi connectivity index (χ1) is 0. The van der Waals surface area contributed by atoms with Crippen LogP contribution >= 0.6 is 583 Å². The topological polar surface area (TPSA) is 0 Å². The van der Waals surface area contributed by atoms with Crippen molar-refractivity contribution in [3.63, 3.8) is 0 Å². The van der Waals surface area contributed by atoms with Gasteiger partial charge in [-0.15, -0.1) is 583 Å². The first-order valence-electron chi connectivity index (χ1n) is 0. The molecule has 0 amide bonds. The second kappa shape index (κ2) is 1080. The molecule has 0 fully saturated rings. The van der Waals surface area contributed by atoms with Crippen molar-refractivity contribution in [2.24, 2.45) is 0 Å². The molecule has 0 bridgehead atoms. The summed E-state index contributed by atoms with van der Waals surface area (Å²) in [6.45, 7) is 0. The van der Waals surface area contributed by atoms with Crippen molar-refractivity contribution in [3.05, 3.63) is 0 Å². The van der Waals surface area contributed by atoms with Gasteiger partial charge in [0.25, 0.3) is 0 Å². The van der Waals surface area contributed by atoms with Crippen molar-refractivity contribution in [1.29, 1.82) is 0 Å². The van der Waals surface area contributed by atoms with E-state index in [2.05, 4.69) is 0 Å². The molecule has 0 atom stereocenters. The molecule has 0 aliphatic heterocycles. The zero-order chi connectivity index (χ0) is 0. The molecule has 0 heterocycles. The van der Waals surface area contributed by atoms with Gasteiger partial charge in [0.2, 0.25) is 0 Å².